The Morgan fingerprint density at radius 1 is 1.38 bits per heavy atom. The zero-order valence-electron chi connectivity index (χ0n) is 17.5. The van der Waals surface area contributed by atoms with E-state index in [1.165, 1.54) is 31.2 Å². The van der Waals surface area contributed by atoms with Crippen molar-refractivity contribution in [1.82, 2.24) is 25.4 Å². The number of aliphatic carboxylic acids is 1. The second-order valence-corrected chi connectivity index (χ2v) is 8.77. The first-order chi connectivity index (χ1) is 16.2. The number of nitrogen functional groups attached to an aromatic ring is 1. The van der Waals surface area contributed by atoms with E-state index in [0.29, 0.717) is 0 Å². The number of β-lactam (4-membered cyclic amide) rings is 1. The van der Waals surface area contributed by atoms with Crippen LogP contribution in [0.5, 0.6) is 0 Å². The second kappa shape index (κ2) is 9.10. The molecule has 0 aliphatic carbocycles. The minimum atomic E-state index is -1.39. The first-order valence-corrected chi connectivity index (χ1v) is 11.3. The van der Waals surface area contributed by atoms with E-state index < -0.39 is 35.1 Å². The molecule has 0 aromatic carbocycles. The molecule has 178 valence electrons. The third kappa shape index (κ3) is 4.17. The molecule has 34 heavy (non-hydrogen) atoms. The van der Waals surface area contributed by atoms with Crippen molar-refractivity contribution in [2.75, 3.05) is 23.9 Å². The highest BCUT2D eigenvalue weighted by Gasteiger charge is 2.55. The number of oxime groups is 1. The fraction of sp³-hybridized carbons (Fsp3) is 0.294. The molecule has 2 atom stereocenters. The number of anilines is 2. The summed E-state index contributed by atoms with van der Waals surface area (Å²) in [5.41, 5.74) is 5.34. The summed E-state index contributed by atoms with van der Waals surface area (Å²) in [5, 5.41) is 26.7. The van der Waals surface area contributed by atoms with Gasteiger partial charge in [0.2, 0.25) is 11.8 Å². The summed E-state index contributed by atoms with van der Waals surface area (Å²) in [6, 6.07) is -1.23. The molecule has 0 saturated carbocycles. The Hall–Kier alpha value is -3.99. The summed E-state index contributed by atoms with van der Waals surface area (Å²) in [6.07, 6.45) is 0. The number of nitrogens with zero attached hydrogens (tertiary/aromatic N) is 5. The maximum Gasteiger partial charge on any atom is 0.353 e. The topological polar surface area (TPSA) is 215 Å². The average molecular weight is 508 g/mol. The Labute approximate surface area is 198 Å². The molecule has 2 aliphatic rings. The van der Waals surface area contributed by atoms with Crippen molar-refractivity contribution in [1.29, 1.82) is 0 Å². The Morgan fingerprint density at radius 3 is 2.76 bits per heavy atom. The lowest BCUT2D eigenvalue weighted by Gasteiger charge is -2.49. The summed E-state index contributed by atoms with van der Waals surface area (Å²) in [7, 11) is 1.25. The van der Waals surface area contributed by atoms with Crippen molar-refractivity contribution in [3.63, 3.8) is 0 Å². The van der Waals surface area contributed by atoms with Crippen molar-refractivity contribution in [2.45, 2.75) is 18.3 Å². The molecule has 17 heteroatoms. The fourth-order valence-corrected chi connectivity index (χ4v) is 5.11. The molecular weight excluding hydrogens is 492 g/mol. The standard InChI is InChI=1S/C17H16N8O7S2/c1-5(26)19-17-23-22-12(32-17)6-3-33-14-9(13(28)25(14)10(6)15(29)30)21-11(27)8(24-31-2)7-4-34-16(18)20-7/h4,9,14H,3H2,1-2H3,(H2,18,20)(H,21,27)(H,29,30)(H,19,23,26)/t9?,14-/m0/s1. The van der Waals surface area contributed by atoms with Crippen LogP contribution in [0.4, 0.5) is 11.1 Å². The van der Waals surface area contributed by atoms with E-state index in [2.05, 4.69) is 31.0 Å². The van der Waals surface area contributed by atoms with E-state index in [0.717, 1.165) is 16.2 Å². The van der Waals surface area contributed by atoms with Gasteiger partial charge in [-0.3, -0.25) is 24.6 Å². The minimum Gasteiger partial charge on any atom is -0.477 e. The summed E-state index contributed by atoms with van der Waals surface area (Å²) < 4.78 is 5.32. The highest BCUT2D eigenvalue weighted by atomic mass is 32.2. The minimum absolute atomic E-state index is 0.0891. The number of rotatable bonds is 7. The van der Waals surface area contributed by atoms with Crippen LogP contribution in [-0.2, 0) is 24.0 Å². The lowest BCUT2D eigenvalue weighted by Crippen LogP contribution is -2.71. The van der Waals surface area contributed by atoms with Crippen LogP contribution in [0, 0.1) is 0 Å². The maximum absolute atomic E-state index is 12.9. The first-order valence-electron chi connectivity index (χ1n) is 9.37. The number of thioether (sulfide) groups is 1. The quantitative estimate of drug-likeness (QED) is 0.208. The third-order valence-corrected chi connectivity index (χ3v) is 6.54. The van der Waals surface area contributed by atoms with Crippen LogP contribution >= 0.6 is 23.1 Å². The van der Waals surface area contributed by atoms with Gasteiger partial charge in [0.15, 0.2) is 10.8 Å². The highest BCUT2D eigenvalue weighted by molar-refractivity contribution is 8.00. The van der Waals surface area contributed by atoms with Crippen LogP contribution in [0.1, 0.15) is 18.5 Å². The number of aromatic nitrogens is 3. The summed E-state index contributed by atoms with van der Waals surface area (Å²) in [6.45, 7) is 1.24. The van der Waals surface area contributed by atoms with E-state index in [1.54, 1.807) is 0 Å². The monoisotopic (exact) mass is 508 g/mol. The van der Waals surface area contributed by atoms with Crippen molar-refractivity contribution < 1.29 is 33.5 Å². The molecule has 1 unspecified atom stereocenters. The summed E-state index contributed by atoms with van der Waals surface area (Å²) in [5.74, 6) is -3.30. The highest BCUT2D eigenvalue weighted by Crippen LogP contribution is 2.43. The fourth-order valence-electron chi connectivity index (χ4n) is 3.23. The predicted molar refractivity (Wildman–Crippen MR) is 118 cm³/mol. The van der Waals surface area contributed by atoms with Crippen LogP contribution < -0.4 is 16.4 Å². The van der Waals surface area contributed by atoms with E-state index in [1.807, 2.05) is 0 Å². The number of carboxylic acid groups (broad SMARTS) is 1. The lowest BCUT2D eigenvalue weighted by atomic mass is 10.0. The molecule has 1 saturated heterocycles. The van der Waals surface area contributed by atoms with Crippen LogP contribution in [-0.4, -0.2) is 78.9 Å². The van der Waals surface area contributed by atoms with Gasteiger partial charge in [-0.05, 0) is 0 Å². The van der Waals surface area contributed by atoms with Gasteiger partial charge in [0.1, 0.15) is 29.9 Å². The molecule has 5 N–H and O–H groups in total. The molecule has 1 fully saturated rings. The summed E-state index contributed by atoms with van der Waals surface area (Å²) in [4.78, 5) is 58.6. The van der Waals surface area contributed by atoms with Gasteiger partial charge < -0.3 is 25.4 Å². The largest absolute Gasteiger partial charge is 0.477 e. The smallest absolute Gasteiger partial charge is 0.353 e. The number of carbonyl (C=O) groups is 4. The lowest BCUT2D eigenvalue weighted by molar-refractivity contribution is -0.149. The second-order valence-electron chi connectivity index (χ2n) is 6.78. The van der Waals surface area contributed by atoms with Gasteiger partial charge in [0.05, 0.1) is 5.57 Å². The number of carbonyl (C=O) groups excluding carboxylic acids is 3. The van der Waals surface area contributed by atoms with Crippen LogP contribution in [0.15, 0.2) is 20.6 Å². The molecule has 2 aliphatic heterocycles. The van der Waals surface area contributed by atoms with Gasteiger partial charge in [-0.2, -0.15) is 0 Å². The number of carboxylic acids is 1. The van der Waals surface area contributed by atoms with Gasteiger partial charge in [-0.25, -0.2) is 9.78 Å². The van der Waals surface area contributed by atoms with Gasteiger partial charge in [0, 0.05) is 18.1 Å². The predicted octanol–water partition coefficient (Wildman–Crippen LogP) is -0.687. The maximum atomic E-state index is 12.9. The normalized spacial score (nSPS) is 19.9. The van der Waals surface area contributed by atoms with Gasteiger partial charge >= 0.3 is 12.0 Å². The number of amides is 3. The number of hydrogen-bond donors (Lipinski definition) is 4. The van der Waals surface area contributed by atoms with E-state index in [9.17, 15) is 24.3 Å². The van der Waals surface area contributed by atoms with Crippen molar-refractivity contribution in [3.05, 3.63) is 22.7 Å². The van der Waals surface area contributed by atoms with Crippen molar-refractivity contribution >= 4 is 69.2 Å². The number of thiazole rings is 1. The molecule has 2 aromatic heterocycles. The molecule has 2 aromatic rings. The zero-order chi connectivity index (χ0) is 24.6. The van der Waals surface area contributed by atoms with E-state index >= 15 is 0 Å². The molecule has 0 bridgehead atoms. The van der Waals surface area contributed by atoms with Crippen LogP contribution in [0.2, 0.25) is 0 Å². The molecule has 15 nitrogen and oxygen atoms in total. The third-order valence-electron chi connectivity index (χ3n) is 4.59. The number of fused-ring (bicyclic) bond motifs is 1. The van der Waals surface area contributed by atoms with Gasteiger partial charge in [-0.1, -0.05) is 10.3 Å². The van der Waals surface area contributed by atoms with E-state index in [-0.39, 0.29) is 45.5 Å². The number of nitrogens with two attached hydrogens (primary N) is 1. The Morgan fingerprint density at radius 2 is 2.15 bits per heavy atom. The number of nitrogens with one attached hydrogen (secondary N) is 2. The molecule has 4 rings (SSSR count). The number of hydrogen-bond acceptors (Lipinski definition) is 13. The average Bonchev–Trinajstić information content (AvgIpc) is 3.42. The zero-order valence-corrected chi connectivity index (χ0v) is 19.1. The SMILES string of the molecule is CON=C(C(=O)NC1C(=O)N2C(C(=O)O)=C(c3nnc(NC(C)=O)o3)CS[C@@H]12)c1csc(N)n1. The Bertz CT molecular complexity index is 1250. The van der Waals surface area contributed by atoms with Crippen LogP contribution in [0.3, 0.4) is 0 Å². The Kier molecular flexibility index (Phi) is 6.20. The molecule has 4 heterocycles. The molecule has 0 radical (unpaired) electrons. The molecular formula is C17H16N8O7S2. The van der Waals surface area contributed by atoms with Crippen molar-refractivity contribution in [3.8, 4) is 0 Å². The van der Waals surface area contributed by atoms with Gasteiger partial charge in [-0.15, -0.1) is 28.2 Å². The van der Waals surface area contributed by atoms with Crippen molar-refractivity contribution in [2.24, 2.45) is 5.16 Å². The Balaban J connectivity index is 1.56. The van der Waals surface area contributed by atoms with Gasteiger partial charge in [0.25, 0.3) is 11.8 Å². The molecule has 0 spiro atoms. The molecule has 3 amide bonds. The summed E-state index contributed by atoms with van der Waals surface area (Å²) >= 11 is 2.28. The van der Waals surface area contributed by atoms with Crippen LogP contribution in [0.25, 0.3) is 5.57 Å². The van der Waals surface area contributed by atoms with E-state index in [4.69, 9.17) is 15.0 Å². The first kappa shape index (κ1) is 23.2.